The van der Waals surface area contributed by atoms with Crippen LogP contribution < -0.4 is 10.1 Å². The van der Waals surface area contributed by atoms with Crippen molar-refractivity contribution < 1.29 is 17.9 Å². The van der Waals surface area contributed by atoms with Gasteiger partial charge in [0.2, 0.25) is 10.0 Å². The van der Waals surface area contributed by atoms with Crippen LogP contribution in [0, 0.1) is 0 Å². The van der Waals surface area contributed by atoms with Crippen LogP contribution in [0.2, 0.25) is 0 Å². The first-order valence-corrected chi connectivity index (χ1v) is 12.2. The van der Waals surface area contributed by atoms with Crippen molar-refractivity contribution in [3.05, 3.63) is 90.0 Å². The third kappa shape index (κ3) is 5.42. The Bertz CT molecular complexity index is 1210. The Morgan fingerprint density at radius 1 is 0.909 bits per heavy atom. The fourth-order valence-electron chi connectivity index (χ4n) is 3.88. The van der Waals surface area contributed by atoms with Crippen molar-refractivity contribution in [2.24, 2.45) is 0 Å². The van der Waals surface area contributed by atoms with Gasteiger partial charge in [0.15, 0.2) is 0 Å². The summed E-state index contributed by atoms with van der Waals surface area (Å²) in [5, 5.41) is 2.90. The zero-order valence-electron chi connectivity index (χ0n) is 18.5. The van der Waals surface area contributed by atoms with Gasteiger partial charge in [-0.2, -0.15) is 4.31 Å². The molecule has 1 amide bonds. The maximum absolute atomic E-state index is 12.8. The molecule has 172 valence electrons. The fourth-order valence-corrected chi connectivity index (χ4v) is 5.32. The maximum Gasteiger partial charge on any atom is 0.255 e. The van der Waals surface area contributed by atoms with E-state index in [1.165, 1.54) is 4.31 Å². The first-order chi connectivity index (χ1) is 16.0. The van der Waals surface area contributed by atoms with Gasteiger partial charge < -0.3 is 10.1 Å². The van der Waals surface area contributed by atoms with Gasteiger partial charge in [0.05, 0.1) is 17.7 Å². The van der Waals surface area contributed by atoms with Crippen LogP contribution in [0.3, 0.4) is 0 Å². The van der Waals surface area contributed by atoms with E-state index in [1.54, 1.807) is 49.6 Å². The van der Waals surface area contributed by atoms with E-state index in [4.69, 9.17) is 4.74 Å². The Balaban J connectivity index is 1.37. The number of carbonyl (C=O) groups excluding carboxylic acids is 1. The molecule has 0 aromatic heterocycles. The van der Waals surface area contributed by atoms with Gasteiger partial charge in [-0.1, -0.05) is 42.5 Å². The second kappa shape index (κ2) is 10.2. The Kier molecular flexibility index (Phi) is 7.08. The van der Waals surface area contributed by atoms with Crippen LogP contribution in [0.15, 0.2) is 83.8 Å². The van der Waals surface area contributed by atoms with Gasteiger partial charge in [0, 0.05) is 38.3 Å². The lowest BCUT2D eigenvalue weighted by molar-refractivity contribution is 0.102. The van der Waals surface area contributed by atoms with Gasteiger partial charge in [0.1, 0.15) is 5.75 Å². The first-order valence-electron chi connectivity index (χ1n) is 10.8. The summed E-state index contributed by atoms with van der Waals surface area (Å²) in [6.07, 6.45) is 0. The van der Waals surface area contributed by atoms with Gasteiger partial charge >= 0.3 is 0 Å². The van der Waals surface area contributed by atoms with Crippen molar-refractivity contribution in [2.45, 2.75) is 11.4 Å². The topological polar surface area (TPSA) is 79.0 Å². The SMILES string of the molecule is COc1ccccc1NC(=O)c1cccc(CN2CCN(S(=O)(=O)c3ccccc3)CC2)c1. The first kappa shape index (κ1) is 23.0. The number of nitrogens with zero attached hydrogens (tertiary/aromatic N) is 2. The van der Waals surface area contributed by atoms with E-state index in [1.807, 2.05) is 36.4 Å². The Morgan fingerprint density at radius 3 is 2.33 bits per heavy atom. The van der Waals surface area contributed by atoms with Crippen LogP contribution in [0.4, 0.5) is 5.69 Å². The van der Waals surface area contributed by atoms with E-state index in [0.29, 0.717) is 54.6 Å². The molecule has 8 heteroatoms. The van der Waals surface area contributed by atoms with E-state index < -0.39 is 10.0 Å². The summed E-state index contributed by atoms with van der Waals surface area (Å²) < 4.78 is 32.5. The molecule has 0 unspecified atom stereocenters. The predicted octanol–water partition coefficient (Wildman–Crippen LogP) is 3.45. The molecule has 1 aliphatic heterocycles. The molecule has 33 heavy (non-hydrogen) atoms. The fraction of sp³-hybridized carbons (Fsp3) is 0.240. The molecule has 0 spiro atoms. The summed E-state index contributed by atoms with van der Waals surface area (Å²) in [7, 11) is -1.90. The third-order valence-electron chi connectivity index (χ3n) is 5.66. The number of para-hydroxylation sites is 2. The molecule has 0 saturated carbocycles. The zero-order chi connectivity index (χ0) is 23.3. The normalized spacial score (nSPS) is 15.2. The lowest BCUT2D eigenvalue weighted by Gasteiger charge is -2.34. The molecule has 1 heterocycles. The number of hydrogen-bond acceptors (Lipinski definition) is 5. The zero-order valence-corrected chi connectivity index (χ0v) is 19.3. The monoisotopic (exact) mass is 465 g/mol. The molecule has 1 saturated heterocycles. The molecule has 3 aromatic rings. The van der Waals surface area contributed by atoms with Gasteiger partial charge in [-0.3, -0.25) is 9.69 Å². The largest absolute Gasteiger partial charge is 0.495 e. The molecule has 3 aromatic carbocycles. The van der Waals surface area contributed by atoms with E-state index in [-0.39, 0.29) is 5.91 Å². The highest BCUT2D eigenvalue weighted by Crippen LogP contribution is 2.24. The Hall–Kier alpha value is -3.20. The number of anilines is 1. The van der Waals surface area contributed by atoms with Crippen LogP contribution in [-0.2, 0) is 16.6 Å². The van der Waals surface area contributed by atoms with Gasteiger partial charge in [-0.05, 0) is 42.0 Å². The molecule has 0 aliphatic carbocycles. The number of sulfonamides is 1. The minimum absolute atomic E-state index is 0.208. The second-order valence-electron chi connectivity index (χ2n) is 7.85. The minimum Gasteiger partial charge on any atom is -0.495 e. The number of methoxy groups -OCH3 is 1. The Morgan fingerprint density at radius 2 is 1.61 bits per heavy atom. The summed E-state index contributed by atoms with van der Waals surface area (Å²) in [4.78, 5) is 15.3. The molecule has 0 radical (unpaired) electrons. The van der Waals surface area contributed by atoms with Crippen LogP contribution in [0.1, 0.15) is 15.9 Å². The molecule has 7 nitrogen and oxygen atoms in total. The molecular formula is C25H27N3O4S. The lowest BCUT2D eigenvalue weighted by Crippen LogP contribution is -2.48. The van der Waals surface area contributed by atoms with Crippen molar-refractivity contribution >= 4 is 21.6 Å². The molecule has 1 aliphatic rings. The predicted molar refractivity (Wildman–Crippen MR) is 128 cm³/mol. The molecule has 1 fully saturated rings. The molecule has 1 N–H and O–H groups in total. The van der Waals surface area contributed by atoms with Gasteiger partial charge in [0.25, 0.3) is 5.91 Å². The van der Waals surface area contributed by atoms with E-state index in [0.717, 1.165) is 5.56 Å². The highest BCUT2D eigenvalue weighted by molar-refractivity contribution is 7.89. The number of nitrogens with one attached hydrogen (secondary N) is 1. The second-order valence-corrected chi connectivity index (χ2v) is 9.79. The van der Waals surface area contributed by atoms with Gasteiger partial charge in [-0.15, -0.1) is 0 Å². The number of benzene rings is 3. The smallest absolute Gasteiger partial charge is 0.255 e. The average Bonchev–Trinajstić information content (AvgIpc) is 2.85. The minimum atomic E-state index is -3.47. The number of carbonyl (C=O) groups is 1. The number of ether oxygens (including phenoxy) is 1. The molecular weight excluding hydrogens is 438 g/mol. The van der Waals surface area contributed by atoms with Crippen LogP contribution >= 0.6 is 0 Å². The maximum atomic E-state index is 12.8. The van der Waals surface area contributed by atoms with E-state index in [9.17, 15) is 13.2 Å². The highest BCUT2D eigenvalue weighted by Gasteiger charge is 2.28. The third-order valence-corrected chi connectivity index (χ3v) is 7.58. The van der Waals surface area contributed by atoms with Crippen molar-refractivity contribution in [2.75, 3.05) is 38.6 Å². The van der Waals surface area contributed by atoms with Crippen molar-refractivity contribution in [1.29, 1.82) is 0 Å². The number of amides is 1. The Labute approximate surface area is 194 Å². The molecule has 4 rings (SSSR count). The van der Waals surface area contributed by atoms with Crippen molar-refractivity contribution in [1.82, 2.24) is 9.21 Å². The standard InChI is InChI=1S/C25H27N3O4S/c1-32-24-13-6-5-12-23(24)26-25(29)21-9-7-8-20(18-21)19-27-14-16-28(17-15-27)33(30,31)22-10-3-2-4-11-22/h2-13,18H,14-17,19H2,1H3,(H,26,29). The summed E-state index contributed by atoms with van der Waals surface area (Å²) in [6.45, 7) is 2.78. The number of piperazine rings is 1. The molecule has 0 bridgehead atoms. The summed E-state index contributed by atoms with van der Waals surface area (Å²) in [6, 6.07) is 23.3. The average molecular weight is 466 g/mol. The van der Waals surface area contributed by atoms with Crippen LogP contribution in [0.25, 0.3) is 0 Å². The summed E-state index contributed by atoms with van der Waals surface area (Å²) in [5.41, 5.74) is 2.18. The lowest BCUT2D eigenvalue weighted by atomic mass is 10.1. The van der Waals surface area contributed by atoms with Crippen LogP contribution in [0.5, 0.6) is 5.75 Å². The number of rotatable bonds is 7. The van der Waals surface area contributed by atoms with E-state index in [2.05, 4.69) is 10.2 Å². The number of hydrogen-bond donors (Lipinski definition) is 1. The van der Waals surface area contributed by atoms with Crippen molar-refractivity contribution in [3.63, 3.8) is 0 Å². The van der Waals surface area contributed by atoms with Crippen LogP contribution in [-0.4, -0.2) is 56.8 Å². The van der Waals surface area contributed by atoms with E-state index >= 15 is 0 Å². The quantitative estimate of drug-likeness (QED) is 0.578. The van der Waals surface area contributed by atoms with Gasteiger partial charge in [-0.25, -0.2) is 8.42 Å². The summed E-state index contributed by atoms with van der Waals surface area (Å²) in [5.74, 6) is 0.394. The highest BCUT2D eigenvalue weighted by atomic mass is 32.2. The van der Waals surface area contributed by atoms with Crippen molar-refractivity contribution in [3.8, 4) is 5.75 Å². The summed E-state index contributed by atoms with van der Waals surface area (Å²) >= 11 is 0. The molecule has 0 atom stereocenters.